The molecule has 1 aromatic carbocycles. The van der Waals surface area contributed by atoms with Crippen LogP contribution >= 0.6 is 0 Å². The number of amides is 2. The van der Waals surface area contributed by atoms with Crippen LogP contribution in [0.2, 0.25) is 0 Å². The second kappa shape index (κ2) is 7.78. The van der Waals surface area contributed by atoms with Crippen molar-refractivity contribution in [2.45, 2.75) is 64.0 Å². The first-order chi connectivity index (χ1) is 12.3. The van der Waals surface area contributed by atoms with Crippen molar-refractivity contribution in [3.63, 3.8) is 0 Å². The first kappa shape index (κ1) is 18.9. The van der Waals surface area contributed by atoms with Crippen LogP contribution in [0.25, 0.3) is 0 Å². The number of hydrogen-bond acceptors (Lipinski definition) is 3. The van der Waals surface area contributed by atoms with E-state index in [1.165, 1.54) is 0 Å². The summed E-state index contributed by atoms with van der Waals surface area (Å²) in [6, 6.07) is 7.89. The molecule has 2 aliphatic heterocycles. The SMILES string of the molecule is CC(C)(O)CCc1cccc(C(=O)N2CCC[C@H](N3CCCC3=O)C2)c1. The maximum Gasteiger partial charge on any atom is 0.253 e. The van der Waals surface area contributed by atoms with Gasteiger partial charge in [0.2, 0.25) is 5.91 Å². The van der Waals surface area contributed by atoms with Crippen LogP contribution in [-0.2, 0) is 11.2 Å². The lowest BCUT2D eigenvalue weighted by atomic mass is 9.97. The Morgan fingerprint density at radius 2 is 2.08 bits per heavy atom. The lowest BCUT2D eigenvalue weighted by Crippen LogP contribution is -2.50. The molecule has 0 saturated carbocycles. The van der Waals surface area contributed by atoms with Gasteiger partial charge in [0.25, 0.3) is 5.91 Å². The molecule has 1 N–H and O–H groups in total. The van der Waals surface area contributed by atoms with E-state index in [2.05, 4.69) is 0 Å². The zero-order valence-corrected chi connectivity index (χ0v) is 15.9. The Bertz CT molecular complexity index is 665. The molecular formula is C21H30N2O3. The van der Waals surface area contributed by atoms with Crippen LogP contribution in [0.1, 0.15) is 61.9 Å². The van der Waals surface area contributed by atoms with Gasteiger partial charge in [-0.15, -0.1) is 0 Å². The summed E-state index contributed by atoms with van der Waals surface area (Å²) in [4.78, 5) is 28.9. The summed E-state index contributed by atoms with van der Waals surface area (Å²) in [5, 5.41) is 9.91. The van der Waals surface area contributed by atoms with Crippen molar-refractivity contribution in [3.05, 3.63) is 35.4 Å². The molecule has 0 aromatic heterocycles. The highest BCUT2D eigenvalue weighted by molar-refractivity contribution is 5.94. The van der Waals surface area contributed by atoms with Gasteiger partial charge < -0.3 is 14.9 Å². The minimum atomic E-state index is -0.706. The number of aryl methyl sites for hydroxylation is 1. The second-order valence-electron chi connectivity index (χ2n) is 8.25. The Labute approximate surface area is 156 Å². The van der Waals surface area contributed by atoms with Crippen LogP contribution in [0.3, 0.4) is 0 Å². The highest BCUT2D eigenvalue weighted by Gasteiger charge is 2.33. The Morgan fingerprint density at radius 1 is 1.27 bits per heavy atom. The van der Waals surface area contributed by atoms with Gasteiger partial charge >= 0.3 is 0 Å². The molecule has 0 spiro atoms. The van der Waals surface area contributed by atoms with Crippen molar-refractivity contribution in [3.8, 4) is 0 Å². The number of hydrogen-bond donors (Lipinski definition) is 1. The fourth-order valence-corrected chi connectivity index (χ4v) is 3.94. The third kappa shape index (κ3) is 4.64. The Hall–Kier alpha value is -1.88. The van der Waals surface area contributed by atoms with Crippen LogP contribution < -0.4 is 0 Å². The number of likely N-dealkylation sites (tertiary alicyclic amines) is 2. The minimum Gasteiger partial charge on any atom is -0.390 e. The van der Waals surface area contributed by atoms with Gasteiger partial charge in [-0.1, -0.05) is 12.1 Å². The third-order valence-corrected chi connectivity index (χ3v) is 5.43. The molecule has 1 aromatic rings. The summed E-state index contributed by atoms with van der Waals surface area (Å²) in [6.45, 7) is 5.83. The van der Waals surface area contributed by atoms with Gasteiger partial charge in [0.15, 0.2) is 0 Å². The predicted octanol–water partition coefficient (Wildman–Crippen LogP) is 2.62. The number of rotatable bonds is 5. The van der Waals surface area contributed by atoms with E-state index in [1.807, 2.05) is 34.1 Å². The van der Waals surface area contributed by atoms with Gasteiger partial charge in [-0.3, -0.25) is 9.59 Å². The Balaban J connectivity index is 1.65. The molecule has 5 heteroatoms. The average molecular weight is 358 g/mol. The summed E-state index contributed by atoms with van der Waals surface area (Å²) in [5.41, 5.74) is 1.07. The van der Waals surface area contributed by atoms with Gasteiger partial charge in [-0.05, 0) is 63.6 Å². The largest absolute Gasteiger partial charge is 0.390 e. The molecule has 5 nitrogen and oxygen atoms in total. The molecule has 2 aliphatic rings. The normalized spacial score (nSPS) is 21.3. The number of carbonyl (C=O) groups excluding carboxylic acids is 2. The predicted molar refractivity (Wildman–Crippen MR) is 101 cm³/mol. The van der Waals surface area contributed by atoms with Crippen LogP contribution in [0.5, 0.6) is 0 Å². The first-order valence-corrected chi connectivity index (χ1v) is 9.73. The molecule has 142 valence electrons. The summed E-state index contributed by atoms with van der Waals surface area (Å²) >= 11 is 0. The van der Waals surface area contributed by atoms with Crippen molar-refractivity contribution in [2.24, 2.45) is 0 Å². The minimum absolute atomic E-state index is 0.0476. The topological polar surface area (TPSA) is 60.9 Å². The van der Waals surface area contributed by atoms with E-state index in [-0.39, 0.29) is 17.9 Å². The zero-order valence-electron chi connectivity index (χ0n) is 15.9. The standard InChI is InChI=1S/C21H30N2O3/c1-21(2,26)11-10-16-6-3-7-17(14-16)20(25)22-12-4-8-18(15-22)23-13-5-9-19(23)24/h3,6-7,14,18,26H,4-5,8-13,15H2,1-2H3/t18-/m0/s1. The molecule has 26 heavy (non-hydrogen) atoms. The van der Waals surface area contributed by atoms with Gasteiger partial charge in [0.05, 0.1) is 5.60 Å². The van der Waals surface area contributed by atoms with Crippen molar-refractivity contribution in [2.75, 3.05) is 19.6 Å². The number of piperidine rings is 1. The molecule has 0 aliphatic carbocycles. The van der Waals surface area contributed by atoms with Crippen LogP contribution in [0, 0.1) is 0 Å². The molecular weight excluding hydrogens is 328 g/mol. The van der Waals surface area contributed by atoms with Crippen LogP contribution in [-0.4, -0.2) is 58.0 Å². The molecule has 0 radical (unpaired) electrons. The van der Waals surface area contributed by atoms with E-state index < -0.39 is 5.60 Å². The van der Waals surface area contributed by atoms with Gasteiger partial charge in [-0.25, -0.2) is 0 Å². The lowest BCUT2D eigenvalue weighted by molar-refractivity contribution is -0.130. The third-order valence-electron chi connectivity index (χ3n) is 5.43. The van der Waals surface area contributed by atoms with E-state index in [1.54, 1.807) is 13.8 Å². The maximum absolute atomic E-state index is 13.0. The smallest absolute Gasteiger partial charge is 0.253 e. The van der Waals surface area contributed by atoms with Gasteiger partial charge in [0.1, 0.15) is 0 Å². The van der Waals surface area contributed by atoms with E-state index >= 15 is 0 Å². The molecule has 3 rings (SSSR count). The maximum atomic E-state index is 13.0. The molecule has 2 fully saturated rings. The Kier molecular flexibility index (Phi) is 5.66. The van der Waals surface area contributed by atoms with Gasteiger partial charge in [-0.2, -0.15) is 0 Å². The number of aliphatic hydroxyl groups is 1. The monoisotopic (exact) mass is 358 g/mol. The van der Waals surface area contributed by atoms with E-state index in [0.717, 1.165) is 44.3 Å². The second-order valence-corrected chi connectivity index (χ2v) is 8.25. The van der Waals surface area contributed by atoms with Crippen molar-refractivity contribution < 1.29 is 14.7 Å². The molecule has 2 amide bonds. The molecule has 2 saturated heterocycles. The van der Waals surface area contributed by atoms with E-state index in [0.29, 0.717) is 24.9 Å². The van der Waals surface area contributed by atoms with Crippen molar-refractivity contribution in [1.82, 2.24) is 9.80 Å². The fraction of sp³-hybridized carbons (Fsp3) is 0.619. The summed E-state index contributed by atoms with van der Waals surface area (Å²) < 4.78 is 0. The lowest BCUT2D eigenvalue weighted by Gasteiger charge is -2.37. The molecule has 0 unspecified atom stereocenters. The summed E-state index contributed by atoms with van der Waals surface area (Å²) in [7, 11) is 0. The van der Waals surface area contributed by atoms with Crippen molar-refractivity contribution >= 4 is 11.8 Å². The van der Waals surface area contributed by atoms with Gasteiger partial charge in [0, 0.05) is 37.7 Å². The highest BCUT2D eigenvalue weighted by atomic mass is 16.3. The molecule has 1 atom stereocenters. The fourth-order valence-electron chi connectivity index (χ4n) is 3.94. The molecule has 0 bridgehead atoms. The highest BCUT2D eigenvalue weighted by Crippen LogP contribution is 2.23. The van der Waals surface area contributed by atoms with Crippen LogP contribution in [0.15, 0.2) is 24.3 Å². The Morgan fingerprint density at radius 3 is 2.77 bits per heavy atom. The zero-order chi connectivity index (χ0) is 18.7. The first-order valence-electron chi connectivity index (χ1n) is 9.73. The average Bonchev–Trinajstić information content (AvgIpc) is 3.05. The number of benzene rings is 1. The number of carbonyl (C=O) groups is 2. The van der Waals surface area contributed by atoms with E-state index in [9.17, 15) is 14.7 Å². The molecule has 2 heterocycles. The quantitative estimate of drug-likeness (QED) is 0.880. The summed E-state index contributed by atoms with van der Waals surface area (Å²) in [5.74, 6) is 0.282. The number of nitrogens with zero attached hydrogens (tertiary/aromatic N) is 2. The summed E-state index contributed by atoms with van der Waals surface area (Å²) in [6.07, 6.45) is 4.92. The van der Waals surface area contributed by atoms with E-state index in [4.69, 9.17) is 0 Å². The van der Waals surface area contributed by atoms with Crippen LogP contribution in [0.4, 0.5) is 0 Å². The van der Waals surface area contributed by atoms with Crippen molar-refractivity contribution in [1.29, 1.82) is 0 Å².